The first-order valence-corrected chi connectivity index (χ1v) is 10.5. The maximum atomic E-state index is 12.0. The van der Waals surface area contributed by atoms with Crippen LogP contribution in [0.4, 0.5) is 5.69 Å². The van der Waals surface area contributed by atoms with Crippen LogP contribution >= 0.6 is 35.0 Å². The number of hydrogen-bond acceptors (Lipinski definition) is 5. The third kappa shape index (κ3) is 3.43. The summed E-state index contributed by atoms with van der Waals surface area (Å²) in [6, 6.07) is 4.77. The number of thioether (sulfide) groups is 1. The molecule has 130 valence electrons. The van der Waals surface area contributed by atoms with Gasteiger partial charge in [0.05, 0.1) is 33.3 Å². The van der Waals surface area contributed by atoms with Crippen LogP contribution in [-0.2, 0) is 19.4 Å². The monoisotopic (exact) mass is 408 g/mol. The summed E-state index contributed by atoms with van der Waals surface area (Å²) < 4.78 is 28.8. The zero-order chi connectivity index (χ0) is 17.5. The molecule has 0 unspecified atom stereocenters. The van der Waals surface area contributed by atoms with Gasteiger partial charge < -0.3 is 9.64 Å². The smallest absolute Gasteiger partial charge is 0.274 e. The summed E-state index contributed by atoms with van der Waals surface area (Å²) in [4.78, 5) is 17.6. The second-order valence-electron chi connectivity index (χ2n) is 5.46. The molecule has 1 aromatic rings. The average molecular weight is 409 g/mol. The Labute approximate surface area is 154 Å². The van der Waals surface area contributed by atoms with Crippen LogP contribution in [-0.4, -0.2) is 56.0 Å². The summed E-state index contributed by atoms with van der Waals surface area (Å²) in [6.45, 7) is -0.144. The fourth-order valence-electron chi connectivity index (χ4n) is 2.79. The van der Waals surface area contributed by atoms with E-state index in [4.69, 9.17) is 27.9 Å². The van der Waals surface area contributed by atoms with Crippen molar-refractivity contribution in [3.8, 4) is 0 Å². The van der Waals surface area contributed by atoms with E-state index in [1.165, 1.54) is 18.9 Å². The lowest BCUT2D eigenvalue weighted by molar-refractivity contribution is -0.121. The lowest BCUT2D eigenvalue weighted by Crippen LogP contribution is -2.38. The second kappa shape index (κ2) is 6.84. The molecule has 1 amide bonds. The van der Waals surface area contributed by atoms with Crippen LogP contribution in [0.3, 0.4) is 0 Å². The number of ether oxygens (including phenoxy) is 1. The number of carbonyl (C=O) groups is 1. The van der Waals surface area contributed by atoms with Gasteiger partial charge in [0, 0.05) is 12.4 Å². The molecule has 3 rings (SSSR count). The molecule has 2 saturated heterocycles. The molecule has 0 spiro atoms. The lowest BCUT2D eigenvalue weighted by atomic mass is 10.2. The first kappa shape index (κ1) is 18.0. The van der Waals surface area contributed by atoms with Gasteiger partial charge in [-0.3, -0.25) is 4.79 Å². The summed E-state index contributed by atoms with van der Waals surface area (Å²) >= 11 is 13.7. The summed E-state index contributed by atoms with van der Waals surface area (Å²) in [5, 5.41) is 0.882. The maximum Gasteiger partial charge on any atom is 0.274 e. The molecule has 0 aromatic heterocycles. The van der Waals surface area contributed by atoms with E-state index >= 15 is 0 Å². The molecule has 2 heterocycles. The largest absolute Gasteiger partial charge is 0.375 e. The zero-order valence-electron chi connectivity index (χ0n) is 12.6. The number of halogens is 2. The number of methoxy groups -OCH3 is 1. The molecule has 24 heavy (non-hydrogen) atoms. The van der Waals surface area contributed by atoms with Crippen molar-refractivity contribution in [2.24, 2.45) is 4.99 Å². The molecular weight excluding hydrogens is 395 g/mol. The Kier molecular flexibility index (Phi) is 5.13. The van der Waals surface area contributed by atoms with E-state index in [1.807, 2.05) is 0 Å². The number of amidine groups is 1. The van der Waals surface area contributed by atoms with E-state index in [0.29, 0.717) is 20.9 Å². The number of anilines is 1. The van der Waals surface area contributed by atoms with E-state index in [1.54, 1.807) is 23.1 Å². The van der Waals surface area contributed by atoms with Crippen molar-refractivity contribution in [2.75, 3.05) is 30.1 Å². The van der Waals surface area contributed by atoms with Gasteiger partial charge in [-0.15, -0.1) is 0 Å². The molecule has 0 N–H and O–H groups in total. The molecule has 2 aliphatic rings. The third-order valence-electron chi connectivity index (χ3n) is 3.75. The van der Waals surface area contributed by atoms with Crippen LogP contribution in [0, 0.1) is 0 Å². The molecule has 0 bridgehead atoms. The molecule has 0 saturated carbocycles. The van der Waals surface area contributed by atoms with Crippen LogP contribution in [0.1, 0.15) is 0 Å². The first-order chi connectivity index (χ1) is 11.3. The predicted molar refractivity (Wildman–Crippen MR) is 97.1 cm³/mol. The van der Waals surface area contributed by atoms with Crippen LogP contribution in [0.15, 0.2) is 23.2 Å². The highest BCUT2D eigenvalue weighted by atomic mass is 35.5. The highest BCUT2D eigenvalue weighted by Gasteiger charge is 2.49. The van der Waals surface area contributed by atoms with E-state index in [-0.39, 0.29) is 29.4 Å². The van der Waals surface area contributed by atoms with Crippen LogP contribution in [0.2, 0.25) is 10.0 Å². The fourth-order valence-corrected chi connectivity index (χ4v) is 7.10. The Morgan fingerprint density at radius 2 is 2.17 bits per heavy atom. The van der Waals surface area contributed by atoms with Gasteiger partial charge in [-0.05, 0) is 12.1 Å². The van der Waals surface area contributed by atoms with Gasteiger partial charge in [0.1, 0.15) is 6.61 Å². The highest BCUT2D eigenvalue weighted by molar-refractivity contribution is 8.16. The fraction of sp³-hybridized carbons (Fsp3) is 0.429. The number of rotatable bonds is 3. The molecule has 10 heteroatoms. The van der Waals surface area contributed by atoms with Crippen molar-refractivity contribution < 1.29 is 17.9 Å². The molecule has 2 atom stereocenters. The lowest BCUT2D eigenvalue weighted by Gasteiger charge is -2.25. The second-order valence-corrected chi connectivity index (χ2v) is 9.61. The summed E-state index contributed by atoms with van der Waals surface area (Å²) in [5.41, 5.74) is 0.547. The quantitative estimate of drug-likeness (QED) is 0.762. The Hall–Kier alpha value is -0.800. The minimum absolute atomic E-state index is 0.00893. The molecule has 0 aliphatic carbocycles. The third-order valence-corrected chi connectivity index (χ3v) is 7.76. The number of carbonyl (C=O) groups excluding carboxylic acids is 1. The van der Waals surface area contributed by atoms with Crippen molar-refractivity contribution in [2.45, 2.75) is 11.3 Å². The van der Waals surface area contributed by atoms with Crippen molar-refractivity contribution in [3.05, 3.63) is 28.2 Å². The standard InChI is InChI=1S/C14H14Cl2N2O4S2/c1-22-5-12(19)17-14-18(9-4-2-3-8(15)13(9)16)10-6-24(20,21)7-11(10)23-14/h2-4,10-11H,5-7H2,1H3/t10-,11-/m1/s1. The molecule has 2 aliphatic heterocycles. The minimum Gasteiger partial charge on any atom is -0.375 e. The van der Waals surface area contributed by atoms with E-state index in [2.05, 4.69) is 4.99 Å². The highest BCUT2D eigenvalue weighted by Crippen LogP contribution is 2.44. The number of sulfone groups is 1. The Bertz CT molecular complexity index is 813. The van der Waals surface area contributed by atoms with Crippen molar-refractivity contribution in [1.82, 2.24) is 0 Å². The van der Waals surface area contributed by atoms with Gasteiger partial charge in [0.15, 0.2) is 15.0 Å². The number of nitrogens with zero attached hydrogens (tertiary/aromatic N) is 2. The molecular formula is C14H14Cl2N2O4S2. The number of benzene rings is 1. The van der Waals surface area contributed by atoms with Gasteiger partial charge >= 0.3 is 0 Å². The van der Waals surface area contributed by atoms with E-state index in [0.717, 1.165) is 0 Å². The van der Waals surface area contributed by atoms with Gasteiger partial charge in [0.2, 0.25) is 0 Å². The SMILES string of the molecule is COCC(=O)N=C1S[C@@H]2CS(=O)(=O)C[C@H]2N1c1cccc(Cl)c1Cl. The number of aliphatic imine (C=N–C) groups is 1. The molecule has 6 nitrogen and oxygen atoms in total. The van der Waals surface area contributed by atoms with Gasteiger partial charge in [-0.25, -0.2) is 8.42 Å². The van der Waals surface area contributed by atoms with Crippen molar-refractivity contribution >= 4 is 61.6 Å². The number of fused-ring (bicyclic) bond motifs is 1. The van der Waals surface area contributed by atoms with Crippen molar-refractivity contribution in [1.29, 1.82) is 0 Å². The number of amides is 1. The molecule has 1 aromatic carbocycles. The van der Waals surface area contributed by atoms with E-state index in [9.17, 15) is 13.2 Å². The average Bonchev–Trinajstić information content (AvgIpc) is 2.94. The predicted octanol–water partition coefficient (Wildman–Crippen LogP) is 2.24. The summed E-state index contributed by atoms with van der Waals surface area (Å²) in [7, 11) is -1.73. The van der Waals surface area contributed by atoms with Crippen molar-refractivity contribution in [3.63, 3.8) is 0 Å². The Balaban J connectivity index is 2.05. The first-order valence-electron chi connectivity index (χ1n) is 7.03. The maximum absolute atomic E-state index is 12.0. The minimum atomic E-state index is -3.13. The van der Waals surface area contributed by atoms with Crippen LogP contribution < -0.4 is 4.90 Å². The summed E-state index contributed by atoms with van der Waals surface area (Å²) in [5.74, 6) is -0.398. The van der Waals surface area contributed by atoms with Gasteiger partial charge in [-0.1, -0.05) is 41.0 Å². The topological polar surface area (TPSA) is 76.0 Å². The molecule has 2 fully saturated rings. The Morgan fingerprint density at radius 3 is 2.88 bits per heavy atom. The summed E-state index contributed by atoms with van der Waals surface area (Å²) in [6.07, 6.45) is 0. The van der Waals surface area contributed by atoms with Gasteiger partial charge in [0.25, 0.3) is 5.91 Å². The number of hydrogen-bond donors (Lipinski definition) is 0. The van der Waals surface area contributed by atoms with Crippen LogP contribution in [0.5, 0.6) is 0 Å². The molecule has 0 radical (unpaired) electrons. The van der Waals surface area contributed by atoms with Gasteiger partial charge in [-0.2, -0.15) is 4.99 Å². The van der Waals surface area contributed by atoms with Crippen LogP contribution in [0.25, 0.3) is 0 Å². The van der Waals surface area contributed by atoms with E-state index < -0.39 is 15.7 Å². The normalized spacial score (nSPS) is 26.8. The Morgan fingerprint density at radius 1 is 1.42 bits per heavy atom. The zero-order valence-corrected chi connectivity index (χ0v) is 15.8.